The van der Waals surface area contributed by atoms with Crippen LogP contribution in [0.1, 0.15) is 55.4 Å². The first-order chi connectivity index (χ1) is 11.2. The zero-order valence-corrected chi connectivity index (χ0v) is 14.1. The van der Waals surface area contributed by atoms with Crippen LogP contribution in [0.5, 0.6) is 0 Å². The molecule has 2 heterocycles. The molecule has 1 amide bonds. The van der Waals surface area contributed by atoms with Gasteiger partial charge in [0.05, 0.1) is 11.2 Å². The van der Waals surface area contributed by atoms with E-state index in [4.69, 9.17) is 11.6 Å². The summed E-state index contributed by atoms with van der Waals surface area (Å²) >= 11 is 6.11. The third-order valence-corrected chi connectivity index (χ3v) is 4.73. The molecule has 1 aliphatic heterocycles. The molecular formula is C17H23ClN4O. The lowest BCUT2D eigenvalue weighted by atomic mass is 9.97. The van der Waals surface area contributed by atoms with Gasteiger partial charge >= 0.3 is 0 Å². The Labute approximate surface area is 142 Å². The minimum atomic E-state index is -0.214. The van der Waals surface area contributed by atoms with Crippen molar-refractivity contribution in [3.63, 3.8) is 0 Å². The van der Waals surface area contributed by atoms with Gasteiger partial charge in [-0.2, -0.15) is 0 Å². The van der Waals surface area contributed by atoms with Gasteiger partial charge in [-0.1, -0.05) is 23.3 Å². The minimum Gasteiger partial charge on any atom is -0.350 e. The monoisotopic (exact) mass is 334 g/mol. The van der Waals surface area contributed by atoms with Gasteiger partial charge < -0.3 is 10.2 Å². The summed E-state index contributed by atoms with van der Waals surface area (Å²) in [5, 5.41) is 3.24. The number of carbonyl (C=O) groups excluding carboxylic acids is 1. The van der Waals surface area contributed by atoms with Crippen LogP contribution >= 0.6 is 11.6 Å². The van der Waals surface area contributed by atoms with Crippen LogP contribution in [0.3, 0.4) is 0 Å². The van der Waals surface area contributed by atoms with Crippen LogP contribution in [0.25, 0.3) is 0 Å². The van der Waals surface area contributed by atoms with E-state index in [0.717, 1.165) is 38.8 Å². The van der Waals surface area contributed by atoms with E-state index in [9.17, 15) is 4.79 Å². The van der Waals surface area contributed by atoms with E-state index in [0.29, 0.717) is 17.5 Å². The summed E-state index contributed by atoms with van der Waals surface area (Å²) in [5.74, 6) is 0.390. The van der Waals surface area contributed by atoms with Crippen molar-refractivity contribution in [1.82, 2.24) is 15.3 Å². The largest absolute Gasteiger partial charge is 0.350 e. The summed E-state index contributed by atoms with van der Waals surface area (Å²) in [6, 6.07) is 0. The number of rotatable bonds is 5. The Bertz CT molecular complexity index is 596. The van der Waals surface area contributed by atoms with Crippen LogP contribution in [-0.4, -0.2) is 35.5 Å². The first-order valence-corrected chi connectivity index (χ1v) is 8.85. The predicted octanol–water partition coefficient (Wildman–Crippen LogP) is 3.35. The van der Waals surface area contributed by atoms with Crippen molar-refractivity contribution in [3.8, 4) is 0 Å². The number of hydrogen-bond donors (Lipinski definition) is 1. The van der Waals surface area contributed by atoms with Gasteiger partial charge in [-0.05, 0) is 44.9 Å². The Morgan fingerprint density at radius 2 is 2.09 bits per heavy atom. The molecule has 2 aliphatic rings. The van der Waals surface area contributed by atoms with E-state index in [1.165, 1.54) is 31.0 Å². The van der Waals surface area contributed by atoms with Crippen LogP contribution in [0.2, 0.25) is 5.02 Å². The van der Waals surface area contributed by atoms with E-state index in [1.807, 2.05) is 0 Å². The van der Waals surface area contributed by atoms with Crippen molar-refractivity contribution in [3.05, 3.63) is 28.6 Å². The number of nitrogens with one attached hydrogen (secondary N) is 1. The van der Waals surface area contributed by atoms with E-state index < -0.39 is 0 Å². The van der Waals surface area contributed by atoms with E-state index >= 15 is 0 Å². The molecule has 1 fully saturated rings. The van der Waals surface area contributed by atoms with Crippen molar-refractivity contribution in [2.45, 2.75) is 44.9 Å². The van der Waals surface area contributed by atoms with Gasteiger partial charge in [0.2, 0.25) is 5.95 Å². The Hall–Kier alpha value is -1.62. The highest BCUT2D eigenvalue weighted by molar-refractivity contribution is 6.33. The van der Waals surface area contributed by atoms with Gasteiger partial charge in [0.25, 0.3) is 5.91 Å². The van der Waals surface area contributed by atoms with Gasteiger partial charge in [-0.3, -0.25) is 4.79 Å². The molecular weight excluding hydrogens is 312 g/mol. The lowest BCUT2D eigenvalue weighted by Gasteiger charge is -2.16. The van der Waals surface area contributed by atoms with Crippen molar-refractivity contribution < 1.29 is 4.79 Å². The zero-order chi connectivity index (χ0) is 16.1. The summed E-state index contributed by atoms with van der Waals surface area (Å²) < 4.78 is 0. The Morgan fingerprint density at radius 3 is 2.83 bits per heavy atom. The predicted molar refractivity (Wildman–Crippen MR) is 92.0 cm³/mol. The molecule has 1 aromatic heterocycles. The van der Waals surface area contributed by atoms with Gasteiger partial charge in [0, 0.05) is 19.6 Å². The molecule has 6 heteroatoms. The number of anilines is 1. The summed E-state index contributed by atoms with van der Waals surface area (Å²) in [4.78, 5) is 23.1. The fourth-order valence-corrected chi connectivity index (χ4v) is 3.32. The average Bonchev–Trinajstić information content (AvgIpc) is 3.10. The number of allylic oxidation sites excluding steroid dienone is 1. The standard InChI is InChI=1S/C17H23ClN4O/c18-14-12-20-17(22-10-4-5-11-22)21-15(14)16(23)19-9-8-13-6-2-1-3-7-13/h6,12H,1-5,7-11H2,(H,19,23). The fraction of sp³-hybridized carbons (Fsp3) is 0.588. The second kappa shape index (κ2) is 7.77. The molecule has 3 rings (SSSR count). The summed E-state index contributed by atoms with van der Waals surface area (Å²) in [6.07, 6.45) is 11.9. The normalized spacial score (nSPS) is 18.0. The molecule has 1 saturated heterocycles. The number of hydrogen-bond acceptors (Lipinski definition) is 4. The van der Waals surface area contributed by atoms with Crippen LogP contribution < -0.4 is 10.2 Å². The second-order valence-electron chi connectivity index (χ2n) is 6.17. The summed E-state index contributed by atoms with van der Waals surface area (Å²) in [7, 11) is 0. The molecule has 1 aromatic rings. The molecule has 0 radical (unpaired) electrons. The first-order valence-electron chi connectivity index (χ1n) is 8.47. The zero-order valence-electron chi connectivity index (χ0n) is 13.4. The minimum absolute atomic E-state index is 0.214. The molecule has 0 unspecified atom stereocenters. The quantitative estimate of drug-likeness (QED) is 0.839. The molecule has 0 saturated carbocycles. The smallest absolute Gasteiger partial charge is 0.271 e. The maximum atomic E-state index is 12.4. The highest BCUT2D eigenvalue weighted by atomic mass is 35.5. The van der Waals surface area contributed by atoms with Gasteiger partial charge in [0.1, 0.15) is 0 Å². The van der Waals surface area contributed by atoms with Crippen LogP contribution in [0.4, 0.5) is 5.95 Å². The van der Waals surface area contributed by atoms with E-state index in [-0.39, 0.29) is 11.6 Å². The van der Waals surface area contributed by atoms with Gasteiger partial charge in [0.15, 0.2) is 5.69 Å². The van der Waals surface area contributed by atoms with Crippen molar-refractivity contribution >= 4 is 23.5 Å². The topological polar surface area (TPSA) is 58.1 Å². The molecule has 1 aliphatic carbocycles. The van der Waals surface area contributed by atoms with E-state index in [1.54, 1.807) is 0 Å². The highest BCUT2D eigenvalue weighted by Gasteiger charge is 2.19. The molecule has 5 nitrogen and oxygen atoms in total. The fourth-order valence-electron chi connectivity index (χ4n) is 3.14. The van der Waals surface area contributed by atoms with Crippen molar-refractivity contribution in [2.75, 3.05) is 24.5 Å². The Balaban J connectivity index is 1.59. The van der Waals surface area contributed by atoms with Crippen molar-refractivity contribution in [2.24, 2.45) is 0 Å². The molecule has 0 bridgehead atoms. The Kier molecular flexibility index (Phi) is 5.49. The molecule has 0 aromatic carbocycles. The number of amides is 1. The lowest BCUT2D eigenvalue weighted by Crippen LogP contribution is -2.28. The van der Waals surface area contributed by atoms with E-state index in [2.05, 4.69) is 26.3 Å². The summed E-state index contributed by atoms with van der Waals surface area (Å²) in [6.45, 7) is 2.51. The first kappa shape index (κ1) is 16.2. The number of aromatic nitrogens is 2. The number of halogens is 1. The second-order valence-corrected chi connectivity index (χ2v) is 6.58. The third kappa shape index (κ3) is 4.22. The SMILES string of the molecule is O=C(NCCC1=CCCCC1)c1nc(N2CCCC2)ncc1Cl. The third-order valence-electron chi connectivity index (χ3n) is 4.45. The maximum absolute atomic E-state index is 12.4. The lowest BCUT2D eigenvalue weighted by molar-refractivity contribution is 0.0949. The van der Waals surface area contributed by atoms with Crippen LogP contribution in [0.15, 0.2) is 17.8 Å². The maximum Gasteiger partial charge on any atom is 0.271 e. The molecule has 1 N–H and O–H groups in total. The molecule has 0 spiro atoms. The van der Waals surface area contributed by atoms with Crippen LogP contribution in [-0.2, 0) is 0 Å². The molecule has 124 valence electrons. The Morgan fingerprint density at radius 1 is 1.26 bits per heavy atom. The van der Waals surface area contributed by atoms with Gasteiger partial charge in [-0.25, -0.2) is 9.97 Å². The van der Waals surface area contributed by atoms with Gasteiger partial charge in [-0.15, -0.1) is 0 Å². The summed E-state index contributed by atoms with van der Waals surface area (Å²) in [5.41, 5.74) is 1.73. The highest BCUT2D eigenvalue weighted by Crippen LogP contribution is 2.21. The average molecular weight is 335 g/mol. The van der Waals surface area contributed by atoms with Crippen molar-refractivity contribution in [1.29, 1.82) is 0 Å². The molecule has 23 heavy (non-hydrogen) atoms. The molecule has 0 atom stereocenters. The number of carbonyl (C=O) groups is 1. The van der Waals surface area contributed by atoms with Crippen LogP contribution in [0, 0.1) is 0 Å². The number of nitrogens with zero attached hydrogens (tertiary/aromatic N) is 3.